The standard InChI is InChI=1S/C34H52N2/c1-3-5-7-8-10-12-28-15-19-31(20-16-28)33-25-35-34(36-26-33)32-23-21-30(22-24-32)29-17-13-27(14-18-29)11-9-6-4-2/h21-29,31H,3-20H2,1-2H3. The quantitative estimate of drug-likeness (QED) is 0.262. The van der Waals surface area contributed by atoms with E-state index in [2.05, 4.69) is 50.5 Å². The van der Waals surface area contributed by atoms with Crippen LogP contribution in [0.1, 0.15) is 152 Å². The van der Waals surface area contributed by atoms with Crippen molar-refractivity contribution in [3.05, 3.63) is 47.8 Å². The first-order valence-electron chi connectivity index (χ1n) is 15.7. The lowest BCUT2D eigenvalue weighted by molar-refractivity contribution is 0.301. The van der Waals surface area contributed by atoms with Crippen LogP contribution in [0, 0.1) is 11.8 Å². The van der Waals surface area contributed by atoms with Crippen LogP contribution in [0.2, 0.25) is 0 Å². The van der Waals surface area contributed by atoms with Gasteiger partial charge in [0.15, 0.2) is 5.82 Å². The monoisotopic (exact) mass is 488 g/mol. The van der Waals surface area contributed by atoms with Gasteiger partial charge in [0.2, 0.25) is 0 Å². The molecule has 1 aromatic carbocycles. The number of unbranched alkanes of at least 4 members (excludes halogenated alkanes) is 6. The molecule has 0 radical (unpaired) electrons. The highest BCUT2D eigenvalue weighted by Gasteiger charge is 2.24. The smallest absolute Gasteiger partial charge is 0.159 e. The molecule has 2 saturated carbocycles. The molecule has 0 N–H and O–H groups in total. The van der Waals surface area contributed by atoms with E-state index in [4.69, 9.17) is 9.97 Å². The summed E-state index contributed by atoms with van der Waals surface area (Å²) < 4.78 is 0. The minimum absolute atomic E-state index is 0.662. The van der Waals surface area contributed by atoms with Crippen molar-refractivity contribution in [2.24, 2.45) is 11.8 Å². The number of nitrogens with zero attached hydrogens (tertiary/aromatic N) is 2. The summed E-state index contributed by atoms with van der Waals surface area (Å²) in [4.78, 5) is 9.60. The fourth-order valence-corrected chi connectivity index (χ4v) is 6.89. The topological polar surface area (TPSA) is 25.8 Å². The van der Waals surface area contributed by atoms with Gasteiger partial charge in [-0.1, -0.05) is 102 Å². The second-order valence-corrected chi connectivity index (χ2v) is 12.1. The maximum absolute atomic E-state index is 4.80. The summed E-state index contributed by atoms with van der Waals surface area (Å²) in [7, 11) is 0. The minimum Gasteiger partial charge on any atom is -0.236 e. The lowest BCUT2D eigenvalue weighted by Crippen LogP contribution is -2.14. The summed E-state index contributed by atoms with van der Waals surface area (Å²) in [5, 5.41) is 0. The summed E-state index contributed by atoms with van der Waals surface area (Å²) in [6, 6.07) is 9.20. The van der Waals surface area contributed by atoms with Gasteiger partial charge >= 0.3 is 0 Å². The minimum atomic E-state index is 0.662. The predicted octanol–water partition coefficient (Wildman–Crippen LogP) is 10.6. The molecule has 0 unspecified atom stereocenters. The molecule has 0 aliphatic heterocycles. The Morgan fingerprint density at radius 3 is 1.58 bits per heavy atom. The maximum atomic E-state index is 4.80. The van der Waals surface area contributed by atoms with E-state index in [1.54, 1.807) is 0 Å². The molecular formula is C34H52N2. The first-order valence-corrected chi connectivity index (χ1v) is 15.7. The van der Waals surface area contributed by atoms with Crippen molar-refractivity contribution in [2.75, 3.05) is 0 Å². The van der Waals surface area contributed by atoms with Crippen molar-refractivity contribution >= 4 is 0 Å². The van der Waals surface area contributed by atoms with E-state index >= 15 is 0 Å². The highest BCUT2D eigenvalue weighted by atomic mass is 14.9. The zero-order chi connectivity index (χ0) is 25.0. The molecule has 2 fully saturated rings. The molecule has 0 amide bonds. The third-order valence-electron chi connectivity index (χ3n) is 9.41. The zero-order valence-corrected chi connectivity index (χ0v) is 23.4. The summed E-state index contributed by atoms with van der Waals surface area (Å²) in [5.74, 6) is 4.22. The molecule has 0 atom stereocenters. The third-order valence-corrected chi connectivity index (χ3v) is 9.41. The summed E-state index contributed by atoms with van der Waals surface area (Å²) in [6.07, 6.45) is 29.3. The first-order chi connectivity index (χ1) is 17.8. The Labute approximate surface area is 222 Å². The van der Waals surface area contributed by atoms with Crippen LogP contribution >= 0.6 is 0 Å². The Bertz CT molecular complexity index is 840. The lowest BCUT2D eigenvalue weighted by Gasteiger charge is -2.29. The van der Waals surface area contributed by atoms with Gasteiger partial charge < -0.3 is 0 Å². The Kier molecular flexibility index (Phi) is 11.3. The van der Waals surface area contributed by atoms with Crippen LogP contribution in [-0.2, 0) is 0 Å². The van der Waals surface area contributed by atoms with Crippen molar-refractivity contribution in [1.82, 2.24) is 9.97 Å². The normalized spacial score (nSPS) is 24.6. The van der Waals surface area contributed by atoms with E-state index < -0.39 is 0 Å². The molecule has 1 aromatic heterocycles. The Balaban J connectivity index is 1.21. The van der Waals surface area contributed by atoms with Gasteiger partial charge in [0.05, 0.1) is 0 Å². The van der Waals surface area contributed by atoms with Crippen LogP contribution in [-0.4, -0.2) is 9.97 Å². The lowest BCUT2D eigenvalue weighted by atomic mass is 9.77. The van der Waals surface area contributed by atoms with Crippen LogP contribution < -0.4 is 0 Å². The second kappa shape index (κ2) is 14.9. The molecule has 2 heteroatoms. The molecule has 2 aliphatic rings. The van der Waals surface area contributed by atoms with Gasteiger partial charge in [-0.3, -0.25) is 0 Å². The van der Waals surface area contributed by atoms with E-state index in [-0.39, 0.29) is 0 Å². The van der Waals surface area contributed by atoms with Crippen molar-refractivity contribution in [1.29, 1.82) is 0 Å². The van der Waals surface area contributed by atoms with Gasteiger partial charge in [-0.15, -0.1) is 0 Å². The van der Waals surface area contributed by atoms with Crippen molar-refractivity contribution in [3.63, 3.8) is 0 Å². The zero-order valence-electron chi connectivity index (χ0n) is 23.4. The van der Waals surface area contributed by atoms with Gasteiger partial charge in [-0.05, 0) is 86.2 Å². The van der Waals surface area contributed by atoms with Gasteiger partial charge in [0.1, 0.15) is 0 Å². The van der Waals surface area contributed by atoms with Gasteiger partial charge in [0.25, 0.3) is 0 Å². The molecule has 2 nitrogen and oxygen atoms in total. The molecule has 0 saturated heterocycles. The average molecular weight is 489 g/mol. The number of hydrogen-bond acceptors (Lipinski definition) is 2. The van der Waals surface area contributed by atoms with E-state index in [0.717, 1.165) is 29.1 Å². The molecule has 1 heterocycles. The van der Waals surface area contributed by atoms with Crippen LogP contribution in [0.3, 0.4) is 0 Å². The van der Waals surface area contributed by atoms with E-state index in [0.29, 0.717) is 5.92 Å². The van der Waals surface area contributed by atoms with Crippen LogP contribution in [0.4, 0.5) is 0 Å². The van der Waals surface area contributed by atoms with Crippen molar-refractivity contribution in [2.45, 2.75) is 141 Å². The Morgan fingerprint density at radius 1 is 0.556 bits per heavy atom. The molecule has 198 valence electrons. The summed E-state index contributed by atoms with van der Waals surface area (Å²) in [5.41, 5.74) is 4.03. The highest BCUT2D eigenvalue weighted by Crippen LogP contribution is 2.39. The third kappa shape index (κ3) is 8.15. The number of aromatic nitrogens is 2. The fourth-order valence-electron chi connectivity index (χ4n) is 6.89. The molecule has 2 aromatic rings. The molecule has 2 aliphatic carbocycles. The number of hydrogen-bond donors (Lipinski definition) is 0. The summed E-state index contributed by atoms with van der Waals surface area (Å²) >= 11 is 0. The average Bonchev–Trinajstić information content (AvgIpc) is 2.94. The maximum Gasteiger partial charge on any atom is 0.159 e. The SMILES string of the molecule is CCCCCCCC1CCC(c2cnc(-c3ccc(C4CCC(CCCCC)CC4)cc3)nc2)CC1. The summed E-state index contributed by atoms with van der Waals surface area (Å²) in [6.45, 7) is 4.61. The largest absolute Gasteiger partial charge is 0.236 e. The van der Waals surface area contributed by atoms with Crippen LogP contribution in [0.25, 0.3) is 11.4 Å². The molecular weight excluding hydrogens is 436 g/mol. The predicted molar refractivity (Wildman–Crippen MR) is 154 cm³/mol. The number of benzene rings is 1. The molecule has 36 heavy (non-hydrogen) atoms. The second-order valence-electron chi connectivity index (χ2n) is 12.1. The Morgan fingerprint density at radius 2 is 1.03 bits per heavy atom. The van der Waals surface area contributed by atoms with Crippen molar-refractivity contribution in [3.8, 4) is 11.4 Å². The van der Waals surface area contributed by atoms with Gasteiger partial charge in [0, 0.05) is 18.0 Å². The fraction of sp³-hybridized carbons (Fsp3) is 0.706. The van der Waals surface area contributed by atoms with Gasteiger partial charge in [-0.25, -0.2) is 9.97 Å². The van der Waals surface area contributed by atoms with E-state index in [9.17, 15) is 0 Å². The van der Waals surface area contributed by atoms with E-state index in [1.165, 1.54) is 127 Å². The van der Waals surface area contributed by atoms with Crippen LogP contribution in [0.15, 0.2) is 36.7 Å². The first kappa shape index (κ1) is 27.3. The van der Waals surface area contributed by atoms with Crippen molar-refractivity contribution < 1.29 is 0 Å². The highest BCUT2D eigenvalue weighted by molar-refractivity contribution is 5.55. The van der Waals surface area contributed by atoms with Crippen LogP contribution in [0.5, 0.6) is 0 Å². The number of rotatable bonds is 13. The molecule has 0 bridgehead atoms. The van der Waals surface area contributed by atoms with E-state index in [1.807, 2.05) is 0 Å². The molecule has 0 spiro atoms. The molecule has 4 rings (SSSR count). The Hall–Kier alpha value is -1.70. The van der Waals surface area contributed by atoms with Gasteiger partial charge in [-0.2, -0.15) is 0 Å².